The average molecular weight is 295 g/mol. The van der Waals surface area contributed by atoms with Crippen molar-refractivity contribution in [2.24, 2.45) is 0 Å². The highest BCUT2D eigenvalue weighted by Crippen LogP contribution is 2.23. The summed E-state index contributed by atoms with van der Waals surface area (Å²) < 4.78 is 40.2. The van der Waals surface area contributed by atoms with Gasteiger partial charge in [-0.2, -0.15) is 0 Å². The maximum Gasteiger partial charge on any atom is 0.262 e. The van der Waals surface area contributed by atoms with E-state index >= 15 is 0 Å². The van der Waals surface area contributed by atoms with E-state index in [1.54, 1.807) is 19.2 Å². The molecule has 0 aliphatic heterocycles. The van der Waals surface area contributed by atoms with Crippen LogP contribution in [0.5, 0.6) is 0 Å². The zero-order chi connectivity index (χ0) is 14.9. The smallest absolute Gasteiger partial charge is 0.262 e. The first kappa shape index (κ1) is 14.3. The molecule has 0 spiro atoms. The van der Waals surface area contributed by atoms with Gasteiger partial charge < -0.3 is 5.73 Å². The number of aromatic nitrogens is 1. The maximum absolute atomic E-state index is 13.3. The highest BCUT2D eigenvalue weighted by atomic mass is 32.2. The summed E-state index contributed by atoms with van der Waals surface area (Å²) in [5.41, 5.74) is 6.66. The number of rotatable bonds is 3. The van der Waals surface area contributed by atoms with Crippen LogP contribution in [0.2, 0.25) is 0 Å². The van der Waals surface area contributed by atoms with E-state index in [9.17, 15) is 12.8 Å². The summed E-state index contributed by atoms with van der Waals surface area (Å²) in [6.45, 7) is 3.30. The van der Waals surface area contributed by atoms with Crippen LogP contribution in [0.1, 0.15) is 11.1 Å². The number of nitrogen functional groups attached to an aromatic ring is 1. The summed E-state index contributed by atoms with van der Waals surface area (Å²) in [7, 11) is -3.84. The second kappa shape index (κ2) is 5.09. The molecule has 0 amide bonds. The van der Waals surface area contributed by atoms with Gasteiger partial charge in [-0.1, -0.05) is 0 Å². The maximum atomic E-state index is 13.3. The molecule has 1 aromatic heterocycles. The van der Waals surface area contributed by atoms with Crippen molar-refractivity contribution in [1.29, 1.82) is 0 Å². The Bertz CT molecular complexity index is 760. The SMILES string of the molecule is Cc1cncc(NS(=O)(=O)c2cc(N)c(F)cc2C)c1. The quantitative estimate of drug-likeness (QED) is 0.850. The predicted molar refractivity (Wildman–Crippen MR) is 75.3 cm³/mol. The van der Waals surface area contributed by atoms with Gasteiger partial charge >= 0.3 is 0 Å². The summed E-state index contributed by atoms with van der Waals surface area (Å²) in [6, 6.07) is 3.85. The topological polar surface area (TPSA) is 85.1 Å². The molecule has 0 saturated heterocycles. The van der Waals surface area contributed by atoms with Gasteiger partial charge in [-0.15, -0.1) is 0 Å². The number of benzene rings is 1. The van der Waals surface area contributed by atoms with Crippen LogP contribution in [0, 0.1) is 19.7 Å². The van der Waals surface area contributed by atoms with Crippen LogP contribution in [0.4, 0.5) is 15.8 Å². The van der Waals surface area contributed by atoms with E-state index in [0.717, 1.165) is 17.7 Å². The van der Waals surface area contributed by atoms with Gasteiger partial charge in [0.05, 0.1) is 22.5 Å². The fourth-order valence-electron chi connectivity index (χ4n) is 1.78. The fraction of sp³-hybridized carbons (Fsp3) is 0.154. The molecule has 20 heavy (non-hydrogen) atoms. The molecule has 1 heterocycles. The number of hydrogen-bond acceptors (Lipinski definition) is 4. The lowest BCUT2D eigenvalue weighted by atomic mass is 10.2. The summed E-state index contributed by atoms with van der Waals surface area (Å²) >= 11 is 0. The first-order valence-electron chi connectivity index (χ1n) is 5.80. The van der Waals surface area contributed by atoms with Crippen LogP contribution >= 0.6 is 0 Å². The number of pyridine rings is 1. The second-order valence-electron chi connectivity index (χ2n) is 4.50. The van der Waals surface area contributed by atoms with Gasteiger partial charge in [-0.05, 0) is 43.2 Å². The van der Waals surface area contributed by atoms with Gasteiger partial charge in [-0.25, -0.2) is 12.8 Å². The minimum atomic E-state index is -3.84. The lowest BCUT2D eigenvalue weighted by Gasteiger charge is -2.11. The van der Waals surface area contributed by atoms with E-state index in [0.29, 0.717) is 5.69 Å². The number of halogens is 1. The van der Waals surface area contributed by atoms with Gasteiger partial charge in [0, 0.05) is 6.20 Å². The molecule has 7 heteroatoms. The van der Waals surface area contributed by atoms with Crippen molar-refractivity contribution >= 4 is 21.4 Å². The van der Waals surface area contributed by atoms with Gasteiger partial charge in [0.25, 0.3) is 10.0 Å². The minimum absolute atomic E-state index is 0.0575. The molecule has 0 bridgehead atoms. The third-order valence-electron chi connectivity index (χ3n) is 2.71. The lowest BCUT2D eigenvalue weighted by molar-refractivity contribution is 0.599. The summed E-state index contributed by atoms with van der Waals surface area (Å²) in [5.74, 6) is -0.640. The Morgan fingerprint density at radius 2 is 1.90 bits per heavy atom. The van der Waals surface area contributed by atoms with Crippen LogP contribution in [0.15, 0.2) is 35.5 Å². The van der Waals surface area contributed by atoms with Crippen molar-refractivity contribution in [3.8, 4) is 0 Å². The van der Waals surface area contributed by atoms with Crippen LogP contribution in [0.25, 0.3) is 0 Å². The van der Waals surface area contributed by atoms with Crippen LogP contribution in [0.3, 0.4) is 0 Å². The molecule has 1 aromatic carbocycles. The summed E-state index contributed by atoms with van der Waals surface area (Å²) in [6.07, 6.45) is 3.01. The van der Waals surface area contributed by atoms with E-state index in [1.807, 2.05) is 0 Å². The summed E-state index contributed by atoms with van der Waals surface area (Å²) in [4.78, 5) is 3.85. The normalized spacial score (nSPS) is 11.3. The van der Waals surface area contributed by atoms with Crippen molar-refractivity contribution < 1.29 is 12.8 Å². The van der Waals surface area contributed by atoms with Crippen molar-refractivity contribution in [2.45, 2.75) is 18.7 Å². The van der Waals surface area contributed by atoms with E-state index < -0.39 is 15.8 Å². The molecule has 0 saturated carbocycles. The van der Waals surface area contributed by atoms with Crippen molar-refractivity contribution in [3.05, 3.63) is 47.5 Å². The number of aryl methyl sites for hydroxylation is 2. The zero-order valence-electron chi connectivity index (χ0n) is 11.0. The fourth-order valence-corrected chi connectivity index (χ4v) is 3.08. The van der Waals surface area contributed by atoms with Gasteiger partial charge in [0.15, 0.2) is 0 Å². The molecule has 2 rings (SSSR count). The zero-order valence-corrected chi connectivity index (χ0v) is 11.8. The van der Waals surface area contributed by atoms with Gasteiger partial charge in [0.1, 0.15) is 5.82 Å². The van der Waals surface area contributed by atoms with E-state index in [4.69, 9.17) is 5.73 Å². The third-order valence-corrected chi connectivity index (χ3v) is 4.23. The molecule has 106 valence electrons. The van der Waals surface area contributed by atoms with Crippen LogP contribution < -0.4 is 10.5 Å². The first-order valence-corrected chi connectivity index (χ1v) is 7.28. The molecule has 5 nitrogen and oxygen atoms in total. The van der Waals surface area contributed by atoms with E-state index in [2.05, 4.69) is 9.71 Å². The van der Waals surface area contributed by atoms with E-state index in [-0.39, 0.29) is 16.1 Å². The molecule has 0 radical (unpaired) electrons. The van der Waals surface area contributed by atoms with Crippen molar-refractivity contribution in [3.63, 3.8) is 0 Å². The molecule has 0 atom stereocenters. The van der Waals surface area contributed by atoms with Crippen molar-refractivity contribution in [2.75, 3.05) is 10.5 Å². The van der Waals surface area contributed by atoms with Crippen molar-refractivity contribution in [1.82, 2.24) is 4.98 Å². The molecule has 0 unspecified atom stereocenters. The van der Waals surface area contributed by atoms with E-state index in [1.165, 1.54) is 13.1 Å². The molecule has 0 aliphatic rings. The highest BCUT2D eigenvalue weighted by molar-refractivity contribution is 7.92. The Hall–Kier alpha value is -2.15. The molecule has 0 aliphatic carbocycles. The number of hydrogen-bond donors (Lipinski definition) is 2. The number of anilines is 2. The average Bonchev–Trinajstić information content (AvgIpc) is 2.33. The highest BCUT2D eigenvalue weighted by Gasteiger charge is 2.19. The summed E-state index contributed by atoms with van der Waals surface area (Å²) in [5, 5.41) is 0. The Morgan fingerprint density at radius 3 is 2.55 bits per heavy atom. The Balaban J connectivity index is 2.43. The minimum Gasteiger partial charge on any atom is -0.396 e. The first-order chi connectivity index (χ1) is 9.29. The largest absolute Gasteiger partial charge is 0.396 e. The Morgan fingerprint density at radius 1 is 1.20 bits per heavy atom. The van der Waals surface area contributed by atoms with Gasteiger partial charge in [-0.3, -0.25) is 9.71 Å². The number of nitrogens with two attached hydrogens (primary N) is 1. The molecular weight excluding hydrogens is 281 g/mol. The molecule has 2 aromatic rings. The number of nitrogens with one attached hydrogen (secondary N) is 1. The monoisotopic (exact) mass is 295 g/mol. The molecule has 3 N–H and O–H groups in total. The standard InChI is InChI=1S/C13H14FN3O2S/c1-8-3-10(7-16-6-8)17-20(18,19)13-5-12(15)11(14)4-9(13)2/h3-7,17H,15H2,1-2H3. The van der Waals surface area contributed by atoms with Crippen LogP contribution in [-0.2, 0) is 10.0 Å². The predicted octanol–water partition coefficient (Wildman–Crippen LogP) is 2.22. The Kier molecular flexibility index (Phi) is 3.63. The number of sulfonamides is 1. The van der Waals surface area contributed by atoms with Crippen LogP contribution in [-0.4, -0.2) is 13.4 Å². The lowest BCUT2D eigenvalue weighted by Crippen LogP contribution is -2.15. The third kappa shape index (κ3) is 2.88. The molecule has 0 fully saturated rings. The number of nitrogens with zero attached hydrogens (tertiary/aromatic N) is 1. The Labute approximate surface area is 116 Å². The van der Waals surface area contributed by atoms with Gasteiger partial charge in [0.2, 0.25) is 0 Å². The second-order valence-corrected chi connectivity index (χ2v) is 6.15. The molecular formula is C13H14FN3O2S.